The molecule has 0 aromatic carbocycles. The third kappa shape index (κ3) is 6.09. The summed E-state index contributed by atoms with van der Waals surface area (Å²) in [6.45, 7) is 6.13. The number of nitrogens with one attached hydrogen (secondary N) is 2. The maximum absolute atomic E-state index is 11.9. The van der Waals surface area contributed by atoms with Crippen LogP contribution in [0.4, 0.5) is 0 Å². The second-order valence-corrected chi connectivity index (χ2v) is 5.58. The average molecular weight is 303 g/mol. The summed E-state index contributed by atoms with van der Waals surface area (Å²) in [6, 6.07) is -3.14. The quantitative estimate of drug-likeness (QED) is 0.376. The fraction of sp³-hybridized carbons (Fsp3) is 0.769. The van der Waals surface area contributed by atoms with Crippen LogP contribution in [0.15, 0.2) is 0 Å². The molecule has 0 saturated carbocycles. The van der Waals surface area contributed by atoms with Gasteiger partial charge < -0.3 is 26.6 Å². The standard InChI is InChI=1S/C13H25N3O5/c1-6(2)9(14)12(19)15-8(5-17)11(18)16-10(7(3)4)13(20)21/h6-10,17H,5,14H2,1-4H3,(H,15,19)(H,16,18)(H,20,21). The van der Waals surface area contributed by atoms with E-state index >= 15 is 0 Å². The van der Waals surface area contributed by atoms with Crippen LogP contribution in [0.3, 0.4) is 0 Å². The molecule has 0 rings (SSSR count). The van der Waals surface area contributed by atoms with E-state index < -0.39 is 42.5 Å². The van der Waals surface area contributed by atoms with Crippen LogP contribution in [0, 0.1) is 11.8 Å². The average Bonchev–Trinajstić information content (AvgIpc) is 2.39. The van der Waals surface area contributed by atoms with Gasteiger partial charge >= 0.3 is 5.97 Å². The monoisotopic (exact) mass is 303 g/mol. The highest BCUT2D eigenvalue weighted by Crippen LogP contribution is 2.03. The number of carboxylic acid groups (broad SMARTS) is 1. The molecule has 0 saturated heterocycles. The van der Waals surface area contributed by atoms with Gasteiger partial charge in [-0.3, -0.25) is 9.59 Å². The minimum atomic E-state index is -1.23. The van der Waals surface area contributed by atoms with Crippen LogP contribution in [0.1, 0.15) is 27.7 Å². The van der Waals surface area contributed by atoms with E-state index in [2.05, 4.69) is 10.6 Å². The van der Waals surface area contributed by atoms with Crippen molar-refractivity contribution in [3.8, 4) is 0 Å². The summed E-state index contributed by atoms with van der Waals surface area (Å²) in [5, 5.41) is 22.8. The van der Waals surface area contributed by atoms with Gasteiger partial charge in [0.15, 0.2) is 0 Å². The van der Waals surface area contributed by atoms with Crippen molar-refractivity contribution < 1.29 is 24.6 Å². The van der Waals surface area contributed by atoms with Crippen molar-refractivity contribution in [2.45, 2.75) is 45.8 Å². The Morgan fingerprint density at radius 3 is 1.86 bits per heavy atom. The highest BCUT2D eigenvalue weighted by molar-refractivity contribution is 5.91. The lowest BCUT2D eigenvalue weighted by Crippen LogP contribution is -2.57. The van der Waals surface area contributed by atoms with Gasteiger partial charge in [0.25, 0.3) is 0 Å². The smallest absolute Gasteiger partial charge is 0.326 e. The number of hydrogen-bond donors (Lipinski definition) is 5. The molecule has 0 bridgehead atoms. The molecule has 8 nitrogen and oxygen atoms in total. The summed E-state index contributed by atoms with van der Waals surface area (Å²) >= 11 is 0. The van der Waals surface area contributed by atoms with Crippen molar-refractivity contribution in [2.75, 3.05) is 6.61 Å². The Balaban J connectivity index is 4.76. The van der Waals surface area contributed by atoms with E-state index in [9.17, 15) is 19.5 Å². The number of nitrogens with two attached hydrogens (primary N) is 1. The molecule has 0 heterocycles. The maximum Gasteiger partial charge on any atom is 0.326 e. The SMILES string of the molecule is CC(C)C(N)C(=O)NC(CO)C(=O)NC(C(=O)O)C(C)C. The molecule has 122 valence electrons. The third-order valence-electron chi connectivity index (χ3n) is 3.07. The van der Waals surface area contributed by atoms with E-state index in [1.807, 2.05) is 0 Å². The number of aliphatic carboxylic acids is 1. The van der Waals surface area contributed by atoms with Gasteiger partial charge in [-0.25, -0.2) is 4.79 Å². The van der Waals surface area contributed by atoms with Crippen molar-refractivity contribution in [1.29, 1.82) is 0 Å². The van der Waals surface area contributed by atoms with E-state index in [0.717, 1.165) is 0 Å². The molecule has 0 fully saturated rings. The Morgan fingerprint density at radius 1 is 1.00 bits per heavy atom. The van der Waals surface area contributed by atoms with Crippen molar-refractivity contribution >= 4 is 17.8 Å². The summed E-state index contributed by atoms with van der Waals surface area (Å²) in [6.07, 6.45) is 0. The number of hydrogen-bond acceptors (Lipinski definition) is 5. The Bertz CT molecular complexity index is 384. The zero-order chi connectivity index (χ0) is 16.7. The molecule has 0 aliphatic carbocycles. The number of aliphatic hydroxyl groups is 1. The first-order valence-corrected chi connectivity index (χ1v) is 6.81. The van der Waals surface area contributed by atoms with Crippen LogP contribution < -0.4 is 16.4 Å². The number of aliphatic hydroxyl groups excluding tert-OH is 1. The van der Waals surface area contributed by atoms with Crippen LogP contribution in [-0.2, 0) is 14.4 Å². The van der Waals surface area contributed by atoms with E-state index in [1.165, 1.54) is 0 Å². The Morgan fingerprint density at radius 2 is 1.52 bits per heavy atom. The van der Waals surface area contributed by atoms with Gasteiger partial charge in [0.2, 0.25) is 11.8 Å². The fourth-order valence-corrected chi connectivity index (χ4v) is 1.53. The van der Waals surface area contributed by atoms with Crippen molar-refractivity contribution in [3.05, 3.63) is 0 Å². The summed E-state index contributed by atoms with van der Waals surface area (Å²) in [5.74, 6) is -2.98. The lowest BCUT2D eigenvalue weighted by atomic mass is 10.0. The van der Waals surface area contributed by atoms with Gasteiger partial charge in [-0.1, -0.05) is 27.7 Å². The zero-order valence-electron chi connectivity index (χ0n) is 12.8. The second-order valence-electron chi connectivity index (χ2n) is 5.58. The first kappa shape index (κ1) is 19.3. The lowest BCUT2D eigenvalue weighted by molar-refractivity contribution is -0.143. The minimum absolute atomic E-state index is 0.130. The van der Waals surface area contributed by atoms with E-state index in [1.54, 1.807) is 27.7 Å². The molecule has 0 aliphatic heterocycles. The van der Waals surface area contributed by atoms with Gasteiger partial charge in [-0.2, -0.15) is 0 Å². The molecule has 3 atom stereocenters. The molecule has 2 amide bonds. The van der Waals surface area contributed by atoms with Crippen molar-refractivity contribution in [1.82, 2.24) is 10.6 Å². The van der Waals surface area contributed by atoms with Crippen molar-refractivity contribution in [3.63, 3.8) is 0 Å². The van der Waals surface area contributed by atoms with Gasteiger partial charge in [0.05, 0.1) is 12.6 Å². The first-order chi connectivity index (χ1) is 9.61. The fourth-order valence-electron chi connectivity index (χ4n) is 1.53. The molecule has 21 heavy (non-hydrogen) atoms. The zero-order valence-corrected chi connectivity index (χ0v) is 12.8. The molecule has 0 radical (unpaired) electrons. The number of carbonyl (C=O) groups is 3. The number of carbonyl (C=O) groups excluding carboxylic acids is 2. The normalized spacial score (nSPS) is 15.4. The molecule has 0 aromatic heterocycles. The van der Waals surface area contributed by atoms with Crippen LogP contribution in [0.25, 0.3) is 0 Å². The highest BCUT2D eigenvalue weighted by Gasteiger charge is 2.29. The number of carboxylic acids is 1. The molecular weight excluding hydrogens is 278 g/mol. The summed E-state index contributed by atoms with van der Waals surface area (Å²) in [7, 11) is 0. The Labute approximate surface area is 124 Å². The number of rotatable bonds is 8. The maximum atomic E-state index is 11.9. The highest BCUT2D eigenvalue weighted by atomic mass is 16.4. The molecule has 3 unspecified atom stereocenters. The van der Waals surface area contributed by atoms with Gasteiger partial charge in [-0.05, 0) is 11.8 Å². The minimum Gasteiger partial charge on any atom is -0.480 e. The van der Waals surface area contributed by atoms with Gasteiger partial charge in [-0.15, -0.1) is 0 Å². The second kappa shape index (κ2) is 8.58. The largest absolute Gasteiger partial charge is 0.480 e. The summed E-state index contributed by atoms with van der Waals surface area (Å²) < 4.78 is 0. The predicted molar refractivity (Wildman–Crippen MR) is 76.2 cm³/mol. The number of amides is 2. The predicted octanol–water partition coefficient (Wildman–Crippen LogP) is -1.33. The van der Waals surface area contributed by atoms with Gasteiger partial charge in [0, 0.05) is 0 Å². The topological polar surface area (TPSA) is 142 Å². The lowest BCUT2D eigenvalue weighted by Gasteiger charge is -2.23. The third-order valence-corrected chi connectivity index (χ3v) is 3.07. The molecular formula is C13H25N3O5. The summed E-state index contributed by atoms with van der Waals surface area (Å²) in [5.41, 5.74) is 5.64. The summed E-state index contributed by atoms with van der Waals surface area (Å²) in [4.78, 5) is 34.7. The van der Waals surface area contributed by atoms with Crippen molar-refractivity contribution in [2.24, 2.45) is 17.6 Å². The van der Waals surface area contributed by atoms with Gasteiger partial charge in [0.1, 0.15) is 12.1 Å². The van der Waals surface area contributed by atoms with Crippen LogP contribution >= 0.6 is 0 Å². The van der Waals surface area contributed by atoms with Crippen LogP contribution in [0.5, 0.6) is 0 Å². The first-order valence-electron chi connectivity index (χ1n) is 6.81. The molecule has 0 spiro atoms. The Hall–Kier alpha value is -1.67. The van der Waals surface area contributed by atoms with E-state index in [0.29, 0.717) is 0 Å². The van der Waals surface area contributed by atoms with Crippen LogP contribution in [-0.4, -0.2) is 52.7 Å². The molecule has 0 aromatic rings. The molecule has 8 heteroatoms. The van der Waals surface area contributed by atoms with Crippen LogP contribution in [0.2, 0.25) is 0 Å². The van der Waals surface area contributed by atoms with E-state index in [-0.39, 0.29) is 11.8 Å². The van der Waals surface area contributed by atoms with E-state index in [4.69, 9.17) is 10.8 Å². The molecule has 6 N–H and O–H groups in total. The molecule has 0 aliphatic rings. The Kier molecular flexibility index (Phi) is 7.90.